The molecule has 3 aromatic rings. The molecule has 1 saturated heterocycles. The van der Waals surface area contributed by atoms with Gasteiger partial charge in [-0.2, -0.15) is 0 Å². The van der Waals surface area contributed by atoms with Gasteiger partial charge in [-0.1, -0.05) is 40.4 Å². The molecular formula is C33H41Cl2N3O4. The zero-order valence-electron chi connectivity index (χ0n) is 25.2. The van der Waals surface area contributed by atoms with Gasteiger partial charge in [-0.15, -0.1) is 0 Å². The molecule has 0 bridgehead atoms. The monoisotopic (exact) mass is 613 g/mol. The smallest absolute Gasteiger partial charge is 0.317 e. The minimum absolute atomic E-state index is 0.158. The first kappa shape index (κ1) is 31.9. The lowest BCUT2D eigenvalue weighted by molar-refractivity contribution is -0.155. The fraction of sp³-hybridized carbons (Fsp3) is 0.455. The number of pyridine rings is 1. The van der Waals surface area contributed by atoms with Crippen LogP contribution in [-0.4, -0.2) is 54.8 Å². The molecule has 0 unspecified atom stereocenters. The molecule has 2 heterocycles. The van der Waals surface area contributed by atoms with Gasteiger partial charge in [0.25, 0.3) is 5.56 Å². The highest BCUT2D eigenvalue weighted by atomic mass is 35.5. The van der Waals surface area contributed by atoms with E-state index in [0.717, 1.165) is 67.8 Å². The van der Waals surface area contributed by atoms with Crippen LogP contribution in [0, 0.1) is 5.41 Å². The molecule has 0 amide bonds. The summed E-state index contributed by atoms with van der Waals surface area (Å²) in [6, 6.07) is 14.7. The molecule has 0 atom stereocenters. The highest BCUT2D eigenvalue weighted by molar-refractivity contribution is 6.43. The van der Waals surface area contributed by atoms with Crippen molar-refractivity contribution in [1.82, 2.24) is 9.47 Å². The molecule has 1 aromatic heterocycles. The third-order valence-electron chi connectivity index (χ3n) is 8.27. The second kappa shape index (κ2) is 14.0. The second-order valence-corrected chi connectivity index (χ2v) is 12.4. The lowest BCUT2D eigenvalue weighted by Crippen LogP contribution is -2.46. The number of rotatable bonds is 11. The van der Waals surface area contributed by atoms with Gasteiger partial charge in [0.1, 0.15) is 5.75 Å². The van der Waals surface area contributed by atoms with Crippen LogP contribution in [0.4, 0.5) is 5.69 Å². The van der Waals surface area contributed by atoms with E-state index in [1.165, 1.54) is 10.6 Å². The van der Waals surface area contributed by atoms with Crippen LogP contribution in [0.3, 0.4) is 0 Å². The molecule has 4 rings (SSSR count). The van der Waals surface area contributed by atoms with E-state index in [4.69, 9.17) is 32.7 Å². The zero-order chi connectivity index (χ0) is 30.4. The molecule has 0 N–H and O–H groups in total. The van der Waals surface area contributed by atoms with E-state index in [1.54, 1.807) is 6.07 Å². The average Bonchev–Trinajstić information content (AvgIpc) is 2.97. The SMILES string of the molecule is CC(C)=C(C)C(C)(C)C(=O)OCn1c(=O)ccc2ccc(OCCCCN3CCN(c4cccc(Cl)c4Cl)CC3)cc21. The number of hydrogen-bond acceptors (Lipinski definition) is 6. The van der Waals surface area contributed by atoms with Crippen molar-refractivity contribution in [3.63, 3.8) is 0 Å². The molecule has 226 valence electrons. The number of piperazine rings is 1. The van der Waals surface area contributed by atoms with Crippen LogP contribution in [0.25, 0.3) is 10.9 Å². The summed E-state index contributed by atoms with van der Waals surface area (Å²) in [7, 11) is 0. The summed E-state index contributed by atoms with van der Waals surface area (Å²) >= 11 is 12.6. The second-order valence-electron chi connectivity index (χ2n) is 11.6. The van der Waals surface area contributed by atoms with Gasteiger partial charge in [0.05, 0.1) is 33.3 Å². The maximum Gasteiger partial charge on any atom is 0.317 e. The van der Waals surface area contributed by atoms with Crippen LogP contribution in [0.15, 0.2) is 64.5 Å². The summed E-state index contributed by atoms with van der Waals surface area (Å²) < 4.78 is 13.2. The molecule has 0 saturated carbocycles. The predicted molar refractivity (Wildman–Crippen MR) is 172 cm³/mol. The highest BCUT2D eigenvalue weighted by Gasteiger charge is 2.32. The number of carbonyl (C=O) groups excluding carboxylic acids is 1. The average molecular weight is 615 g/mol. The van der Waals surface area contributed by atoms with Gasteiger partial charge < -0.3 is 14.4 Å². The summed E-state index contributed by atoms with van der Waals surface area (Å²) in [6.45, 7) is 14.8. The third kappa shape index (κ3) is 7.49. The Kier molecular flexibility index (Phi) is 10.6. The molecule has 1 aliphatic rings. The minimum atomic E-state index is -0.779. The molecule has 0 aliphatic carbocycles. The van der Waals surface area contributed by atoms with Gasteiger partial charge >= 0.3 is 5.97 Å². The van der Waals surface area contributed by atoms with Crippen molar-refractivity contribution in [2.24, 2.45) is 5.41 Å². The Balaban J connectivity index is 1.28. The lowest BCUT2D eigenvalue weighted by Gasteiger charge is -2.36. The molecule has 1 fully saturated rings. The van der Waals surface area contributed by atoms with Crippen LogP contribution in [0.2, 0.25) is 10.0 Å². The van der Waals surface area contributed by atoms with Gasteiger partial charge in [-0.25, -0.2) is 0 Å². The predicted octanol–water partition coefficient (Wildman–Crippen LogP) is 7.17. The number of anilines is 1. The van der Waals surface area contributed by atoms with E-state index in [1.807, 2.05) is 71.0 Å². The van der Waals surface area contributed by atoms with E-state index in [2.05, 4.69) is 9.80 Å². The molecule has 7 nitrogen and oxygen atoms in total. The topological polar surface area (TPSA) is 64.0 Å². The summed E-state index contributed by atoms with van der Waals surface area (Å²) in [4.78, 5) is 30.4. The lowest BCUT2D eigenvalue weighted by atomic mass is 9.83. The number of carbonyl (C=O) groups is 1. The Hall–Kier alpha value is -3.00. The van der Waals surface area contributed by atoms with Gasteiger partial charge in [-0.05, 0) is 89.7 Å². The van der Waals surface area contributed by atoms with Crippen molar-refractivity contribution in [2.45, 2.75) is 54.2 Å². The van der Waals surface area contributed by atoms with Crippen molar-refractivity contribution in [3.8, 4) is 5.75 Å². The number of halogens is 2. The first-order valence-corrected chi connectivity index (χ1v) is 15.2. The number of aromatic nitrogens is 1. The van der Waals surface area contributed by atoms with E-state index in [9.17, 15) is 9.59 Å². The van der Waals surface area contributed by atoms with Crippen molar-refractivity contribution in [1.29, 1.82) is 0 Å². The third-order valence-corrected chi connectivity index (χ3v) is 9.08. The van der Waals surface area contributed by atoms with Crippen LogP contribution in [-0.2, 0) is 16.3 Å². The fourth-order valence-electron chi connectivity index (χ4n) is 5.15. The Morgan fingerprint density at radius 3 is 2.38 bits per heavy atom. The Morgan fingerprint density at radius 2 is 1.67 bits per heavy atom. The van der Waals surface area contributed by atoms with Gasteiger partial charge in [0.2, 0.25) is 0 Å². The van der Waals surface area contributed by atoms with E-state index in [0.29, 0.717) is 27.9 Å². The Morgan fingerprint density at radius 1 is 0.952 bits per heavy atom. The van der Waals surface area contributed by atoms with Crippen molar-refractivity contribution >= 4 is 45.8 Å². The first-order valence-electron chi connectivity index (χ1n) is 14.5. The number of ether oxygens (including phenoxy) is 2. The van der Waals surface area contributed by atoms with Gasteiger partial charge in [0, 0.05) is 38.3 Å². The Bertz CT molecular complexity index is 1500. The molecule has 0 radical (unpaired) electrons. The summed E-state index contributed by atoms with van der Waals surface area (Å²) in [5, 5.41) is 2.08. The quantitative estimate of drug-likeness (QED) is 0.130. The normalized spacial score (nSPS) is 14.2. The van der Waals surface area contributed by atoms with Crippen molar-refractivity contribution < 1.29 is 14.3 Å². The molecular weight excluding hydrogens is 573 g/mol. The first-order chi connectivity index (χ1) is 20.0. The fourth-order valence-corrected chi connectivity index (χ4v) is 5.56. The maximum atomic E-state index is 12.9. The maximum absolute atomic E-state index is 12.9. The van der Waals surface area contributed by atoms with Gasteiger partial charge in [0.15, 0.2) is 6.73 Å². The van der Waals surface area contributed by atoms with E-state index >= 15 is 0 Å². The minimum Gasteiger partial charge on any atom is -0.494 e. The number of fused-ring (bicyclic) bond motifs is 1. The van der Waals surface area contributed by atoms with Crippen LogP contribution in [0.5, 0.6) is 5.75 Å². The van der Waals surface area contributed by atoms with Crippen molar-refractivity contribution in [3.05, 3.63) is 80.1 Å². The number of benzene rings is 2. The largest absolute Gasteiger partial charge is 0.494 e. The van der Waals surface area contributed by atoms with E-state index < -0.39 is 5.41 Å². The zero-order valence-corrected chi connectivity index (χ0v) is 26.7. The summed E-state index contributed by atoms with van der Waals surface area (Å²) in [6.07, 6.45) is 1.93. The number of unbranched alkanes of at least 4 members (excludes halogenated alkanes) is 1. The molecule has 9 heteroatoms. The standard InChI is InChI=1S/C33H41Cl2N3O4/c1-23(2)24(3)33(4,5)32(40)42-22-38-29-21-26(13-11-25(29)12-14-30(38)39)41-20-7-6-15-36-16-18-37(19-17-36)28-10-8-9-27(34)31(28)35/h8-14,21H,6-7,15-20,22H2,1-5H3. The molecule has 42 heavy (non-hydrogen) atoms. The highest BCUT2D eigenvalue weighted by Crippen LogP contribution is 2.33. The van der Waals surface area contributed by atoms with Crippen LogP contribution in [0.1, 0.15) is 47.5 Å². The summed E-state index contributed by atoms with van der Waals surface area (Å²) in [5.41, 5.74) is 2.68. The number of hydrogen-bond donors (Lipinski definition) is 0. The number of nitrogens with zero attached hydrogens (tertiary/aromatic N) is 3. The van der Waals surface area contributed by atoms with Crippen LogP contribution >= 0.6 is 23.2 Å². The molecule has 1 aliphatic heterocycles. The van der Waals surface area contributed by atoms with Gasteiger partial charge in [-0.3, -0.25) is 19.1 Å². The Labute approximate surface area is 258 Å². The van der Waals surface area contributed by atoms with E-state index in [-0.39, 0.29) is 18.3 Å². The molecule has 0 spiro atoms. The molecule has 2 aromatic carbocycles. The van der Waals surface area contributed by atoms with Crippen LogP contribution < -0.4 is 15.2 Å². The number of allylic oxidation sites excluding steroid dienone is 1. The van der Waals surface area contributed by atoms with Crippen molar-refractivity contribution in [2.75, 3.05) is 44.2 Å². The number of esters is 1. The summed E-state index contributed by atoms with van der Waals surface area (Å²) in [5.74, 6) is 0.313.